The quantitative estimate of drug-likeness (QED) is 0.854. The van der Waals surface area contributed by atoms with E-state index < -0.39 is 17.6 Å². The van der Waals surface area contributed by atoms with Gasteiger partial charge < -0.3 is 10.2 Å². The number of aromatic nitrogens is 2. The van der Waals surface area contributed by atoms with Crippen LogP contribution in [0.4, 0.5) is 24.8 Å². The van der Waals surface area contributed by atoms with Crippen LogP contribution in [0.2, 0.25) is 0 Å². The van der Waals surface area contributed by atoms with Crippen LogP contribution < -0.4 is 10.2 Å². The molecule has 0 aliphatic heterocycles. The monoisotopic (exact) mass is 352 g/mol. The highest BCUT2D eigenvalue weighted by atomic mass is 19.4. The lowest BCUT2D eigenvalue weighted by molar-refractivity contribution is -0.137. The number of carbonyl (C=O) groups is 1. The third-order valence-electron chi connectivity index (χ3n) is 3.53. The second kappa shape index (κ2) is 7.96. The van der Waals surface area contributed by atoms with E-state index in [-0.39, 0.29) is 11.4 Å². The van der Waals surface area contributed by atoms with Crippen LogP contribution in [0.5, 0.6) is 0 Å². The average Bonchev–Trinajstić information content (AvgIpc) is 2.59. The van der Waals surface area contributed by atoms with Crippen LogP contribution >= 0.6 is 0 Å². The molecular formula is C17H19F3N4O. The van der Waals surface area contributed by atoms with Gasteiger partial charge in [-0.05, 0) is 36.8 Å². The molecule has 1 aromatic carbocycles. The van der Waals surface area contributed by atoms with Crippen molar-refractivity contribution in [1.29, 1.82) is 0 Å². The Hall–Kier alpha value is -2.64. The summed E-state index contributed by atoms with van der Waals surface area (Å²) in [4.78, 5) is 22.4. The van der Waals surface area contributed by atoms with Crippen molar-refractivity contribution in [3.63, 3.8) is 0 Å². The van der Waals surface area contributed by atoms with E-state index in [1.54, 1.807) is 0 Å². The van der Waals surface area contributed by atoms with E-state index in [9.17, 15) is 18.0 Å². The number of carbonyl (C=O) groups excluding carboxylic acids is 1. The minimum atomic E-state index is -4.41. The Morgan fingerprint density at radius 2 is 1.88 bits per heavy atom. The van der Waals surface area contributed by atoms with E-state index >= 15 is 0 Å². The molecule has 1 amide bonds. The van der Waals surface area contributed by atoms with Crippen LogP contribution in [0.15, 0.2) is 36.5 Å². The van der Waals surface area contributed by atoms with E-state index in [0.717, 1.165) is 31.5 Å². The van der Waals surface area contributed by atoms with Gasteiger partial charge >= 0.3 is 6.18 Å². The molecule has 8 heteroatoms. The van der Waals surface area contributed by atoms with Gasteiger partial charge in [0.05, 0.1) is 5.56 Å². The van der Waals surface area contributed by atoms with Crippen LogP contribution in [0.1, 0.15) is 35.8 Å². The summed E-state index contributed by atoms with van der Waals surface area (Å²) >= 11 is 0. The summed E-state index contributed by atoms with van der Waals surface area (Å²) < 4.78 is 37.6. The number of rotatable bonds is 6. The molecule has 1 aromatic heterocycles. The van der Waals surface area contributed by atoms with E-state index in [4.69, 9.17) is 0 Å². The molecule has 0 saturated carbocycles. The Kier molecular flexibility index (Phi) is 5.95. The molecule has 1 heterocycles. The molecule has 0 radical (unpaired) electrons. The maximum atomic E-state index is 12.5. The molecule has 0 saturated heterocycles. The van der Waals surface area contributed by atoms with Gasteiger partial charge in [-0.15, -0.1) is 0 Å². The summed E-state index contributed by atoms with van der Waals surface area (Å²) in [6.07, 6.45) is -0.931. The highest BCUT2D eigenvalue weighted by Crippen LogP contribution is 2.29. The number of halogens is 3. The van der Waals surface area contributed by atoms with Gasteiger partial charge in [0.15, 0.2) is 0 Å². The van der Waals surface area contributed by atoms with Gasteiger partial charge in [0.1, 0.15) is 5.69 Å². The van der Waals surface area contributed by atoms with E-state index in [1.165, 1.54) is 24.4 Å². The van der Waals surface area contributed by atoms with Crippen LogP contribution in [0.25, 0.3) is 0 Å². The van der Waals surface area contributed by atoms with Gasteiger partial charge in [0.25, 0.3) is 5.91 Å². The lowest BCUT2D eigenvalue weighted by Crippen LogP contribution is -2.23. The number of benzene rings is 1. The third-order valence-corrected chi connectivity index (χ3v) is 3.53. The van der Waals surface area contributed by atoms with E-state index in [2.05, 4.69) is 22.2 Å². The Morgan fingerprint density at radius 1 is 1.20 bits per heavy atom. The largest absolute Gasteiger partial charge is 0.416 e. The van der Waals surface area contributed by atoms with Crippen molar-refractivity contribution in [3.05, 3.63) is 47.8 Å². The second-order valence-electron chi connectivity index (χ2n) is 5.55. The summed E-state index contributed by atoms with van der Waals surface area (Å²) in [5, 5.41) is 2.53. The molecule has 2 aromatic rings. The summed E-state index contributed by atoms with van der Waals surface area (Å²) in [5.74, 6) is -0.0826. The molecule has 0 bridgehead atoms. The van der Waals surface area contributed by atoms with Crippen molar-refractivity contribution in [1.82, 2.24) is 9.97 Å². The average molecular weight is 352 g/mol. The van der Waals surface area contributed by atoms with Gasteiger partial charge in [-0.25, -0.2) is 9.97 Å². The maximum Gasteiger partial charge on any atom is 0.416 e. The molecule has 25 heavy (non-hydrogen) atoms. The molecule has 5 nitrogen and oxygen atoms in total. The first kappa shape index (κ1) is 18.7. The lowest BCUT2D eigenvalue weighted by Gasteiger charge is -2.16. The fourth-order valence-electron chi connectivity index (χ4n) is 2.09. The first-order valence-corrected chi connectivity index (χ1v) is 7.84. The number of hydrogen-bond acceptors (Lipinski definition) is 4. The highest BCUT2D eigenvalue weighted by molar-refractivity contribution is 6.02. The number of anilines is 2. The van der Waals surface area contributed by atoms with Crippen molar-refractivity contribution < 1.29 is 18.0 Å². The van der Waals surface area contributed by atoms with Crippen molar-refractivity contribution >= 4 is 17.5 Å². The Bertz CT molecular complexity index is 717. The Balaban J connectivity index is 2.08. The van der Waals surface area contributed by atoms with Crippen molar-refractivity contribution in [2.45, 2.75) is 25.9 Å². The van der Waals surface area contributed by atoms with Gasteiger partial charge in [0.2, 0.25) is 5.95 Å². The summed E-state index contributed by atoms with van der Waals surface area (Å²) in [6, 6.07) is 5.70. The standard InChI is InChI=1S/C17H19F3N4O/c1-3-4-11-24(2)16-21-10-9-14(23-16)15(25)22-13-7-5-12(6-8-13)17(18,19)20/h5-10H,3-4,11H2,1-2H3,(H,22,25). The molecule has 1 N–H and O–H groups in total. The Labute approximate surface area is 143 Å². The van der Waals surface area contributed by atoms with Crippen molar-refractivity contribution in [2.24, 2.45) is 0 Å². The maximum absolute atomic E-state index is 12.5. The van der Waals surface area contributed by atoms with E-state index in [1.807, 2.05) is 11.9 Å². The van der Waals surface area contributed by atoms with Crippen molar-refractivity contribution in [2.75, 3.05) is 23.8 Å². The smallest absolute Gasteiger partial charge is 0.344 e. The first-order chi connectivity index (χ1) is 11.8. The zero-order valence-electron chi connectivity index (χ0n) is 14.0. The molecule has 134 valence electrons. The first-order valence-electron chi connectivity index (χ1n) is 7.84. The van der Waals surface area contributed by atoms with Gasteiger partial charge in [-0.2, -0.15) is 13.2 Å². The Morgan fingerprint density at radius 3 is 2.48 bits per heavy atom. The van der Waals surface area contributed by atoms with Gasteiger partial charge in [-0.1, -0.05) is 13.3 Å². The fraction of sp³-hybridized carbons (Fsp3) is 0.353. The zero-order valence-corrected chi connectivity index (χ0v) is 14.0. The predicted molar refractivity (Wildman–Crippen MR) is 89.6 cm³/mol. The highest BCUT2D eigenvalue weighted by Gasteiger charge is 2.30. The van der Waals surface area contributed by atoms with Gasteiger partial charge in [-0.3, -0.25) is 4.79 Å². The van der Waals surface area contributed by atoms with Crippen LogP contribution in [0.3, 0.4) is 0 Å². The van der Waals surface area contributed by atoms with E-state index in [0.29, 0.717) is 5.95 Å². The number of hydrogen-bond donors (Lipinski definition) is 1. The molecule has 2 rings (SSSR count). The lowest BCUT2D eigenvalue weighted by atomic mass is 10.2. The van der Waals surface area contributed by atoms with Crippen molar-refractivity contribution in [3.8, 4) is 0 Å². The van der Waals surface area contributed by atoms with Gasteiger partial charge in [0, 0.05) is 25.5 Å². The number of alkyl halides is 3. The molecule has 0 aliphatic rings. The number of unbranched alkanes of at least 4 members (excludes halogenated alkanes) is 1. The minimum Gasteiger partial charge on any atom is -0.344 e. The summed E-state index contributed by atoms with van der Waals surface area (Å²) in [6.45, 7) is 2.84. The summed E-state index contributed by atoms with van der Waals surface area (Å²) in [7, 11) is 1.84. The molecule has 0 atom stereocenters. The number of nitrogens with one attached hydrogen (secondary N) is 1. The fourth-order valence-corrected chi connectivity index (χ4v) is 2.09. The predicted octanol–water partition coefficient (Wildman–Crippen LogP) is 3.98. The number of amides is 1. The molecule has 0 fully saturated rings. The molecule has 0 unspecified atom stereocenters. The summed E-state index contributed by atoms with van der Waals surface area (Å²) in [5.41, 5.74) is -0.363. The SMILES string of the molecule is CCCCN(C)c1nccc(C(=O)Nc2ccc(C(F)(F)F)cc2)n1. The van der Waals surface area contributed by atoms with Crippen LogP contribution in [-0.4, -0.2) is 29.5 Å². The van der Waals surface area contributed by atoms with Crippen LogP contribution in [-0.2, 0) is 6.18 Å². The minimum absolute atomic E-state index is 0.147. The van der Waals surface area contributed by atoms with Crippen LogP contribution in [0, 0.1) is 0 Å². The second-order valence-corrected chi connectivity index (χ2v) is 5.55. The normalized spacial score (nSPS) is 11.2. The topological polar surface area (TPSA) is 58.1 Å². The number of nitrogens with zero attached hydrogens (tertiary/aromatic N) is 3. The molecule has 0 aliphatic carbocycles. The molecular weight excluding hydrogens is 333 g/mol. The molecule has 0 spiro atoms. The zero-order chi connectivity index (χ0) is 18.4. The third kappa shape index (κ3) is 5.17.